The lowest BCUT2D eigenvalue weighted by Crippen LogP contribution is -2.38. The van der Waals surface area contributed by atoms with Crippen molar-refractivity contribution >= 4 is 40.8 Å². The normalized spacial score (nSPS) is 22.2. The van der Waals surface area contributed by atoms with Crippen LogP contribution in [-0.4, -0.2) is 41.0 Å². The Balaban J connectivity index is 1.93. The van der Waals surface area contributed by atoms with Gasteiger partial charge < -0.3 is 10.4 Å². The van der Waals surface area contributed by atoms with E-state index in [0.29, 0.717) is 28.7 Å². The fraction of sp³-hybridized carbons (Fsp3) is 0.429. The summed E-state index contributed by atoms with van der Waals surface area (Å²) in [4.78, 5) is 24.9. The molecule has 2 atom stereocenters. The second-order valence-corrected chi connectivity index (χ2v) is 5.94. The molecule has 1 aliphatic heterocycles. The Bertz CT molecular complexity index is 565. The van der Waals surface area contributed by atoms with Gasteiger partial charge in [0.25, 0.3) is 0 Å². The number of anilines is 1. The van der Waals surface area contributed by atoms with Gasteiger partial charge in [-0.05, 0) is 38.1 Å². The zero-order valence-corrected chi connectivity index (χ0v) is 13.0. The van der Waals surface area contributed by atoms with Crippen molar-refractivity contribution in [2.24, 2.45) is 5.92 Å². The first kappa shape index (κ1) is 16.1. The van der Waals surface area contributed by atoms with E-state index in [1.54, 1.807) is 18.2 Å². The molecule has 1 saturated heterocycles. The predicted octanol–water partition coefficient (Wildman–Crippen LogP) is 2.73. The lowest BCUT2D eigenvalue weighted by atomic mass is 10.0. The van der Waals surface area contributed by atoms with Gasteiger partial charge in [0, 0.05) is 11.7 Å². The van der Waals surface area contributed by atoms with Crippen LogP contribution in [0, 0.1) is 5.92 Å². The average Bonchev–Trinajstić information content (AvgIpc) is 2.75. The second kappa shape index (κ2) is 6.64. The van der Waals surface area contributed by atoms with E-state index in [9.17, 15) is 9.59 Å². The van der Waals surface area contributed by atoms with Gasteiger partial charge in [-0.1, -0.05) is 23.2 Å². The molecule has 0 spiro atoms. The molecular weight excluding hydrogens is 315 g/mol. The van der Waals surface area contributed by atoms with Crippen molar-refractivity contribution in [3.63, 3.8) is 0 Å². The maximum absolute atomic E-state index is 12.0. The molecular formula is C14H16Cl2N2O3. The predicted molar refractivity (Wildman–Crippen MR) is 81.9 cm³/mol. The number of likely N-dealkylation sites (tertiary alicyclic amines) is 1. The molecule has 0 radical (unpaired) electrons. The van der Waals surface area contributed by atoms with Gasteiger partial charge in [-0.2, -0.15) is 0 Å². The van der Waals surface area contributed by atoms with E-state index in [-0.39, 0.29) is 18.5 Å². The summed E-state index contributed by atoms with van der Waals surface area (Å²) in [6.45, 7) is 2.59. The number of aliphatic carboxylic acids is 1. The van der Waals surface area contributed by atoms with Gasteiger partial charge in [0.15, 0.2) is 0 Å². The summed E-state index contributed by atoms with van der Waals surface area (Å²) in [5.74, 6) is -1.43. The molecule has 114 valence electrons. The molecule has 2 N–H and O–H groups in total. The van der Waals surface area contributed by atoms with Crippen LogP contribution in [0.15, 0.2) is 18.2 Å². The molecule has 2 rings (SSSR count). The van der Waals surface area contributed by atoms with Crippen molar-refractivity contribution in [3.8, 4) is 0 Å². The molecule has 1 heterocycles. The highest BCUT2D eigenvalue weighted by molar-refractivity contribution is 6.42. The summed E-state index contributed by atoms with van der Waals surface area (Å²) in [6.07, 6.45) is 0.566. The van der Waals surface area contributed by atoms with Gasteiger partial charge in [-0.15, -0.1) is 0 Å². The van der Waals surface area contributed by atoms with Crippen molar-refractivity contribution < 1.29 is 14.7 Å². The Labute approximate surface area is 132 Å². The smallest absolute Gasteiger partial charge is 0.308 e. The first-order chi connectivity index (χ1) is 9.88. The molecule has 2 unspecified atom stereocenters. The van der Waals surface area contributed by atoms with Crippen molar-refractivity contribution in [1.29, 1.82) is 0 Å². The van der Waals surface area contributed by atoms with Crippen LogP contribution in [0.1, 0.15) is 13.3 Å². The third-order valence-corrected chi connectivity index (χ3v) is 4.49. The Hall–Kier alpha value is -1.30. The SMILES string of the molecule is CC1C(C(=O)O)CCN1CC(=O)Nc1ccc(Cl)c(Cl)c1. The quantitative estimate of drug-likeness (QED) is 0.890. The fourth-order valence-electron chi connectivity index (χ4n) is 2.52. The largest absolute Gasteiger partial charge is 0.481 e. The van der Waals surface area contributed by atoms with E-state index in [1.807, 2.05) is 11.8 Å². The molecule has 21 heavy (non-hydrogen) atoms. The molecule has 1 fully saturated rings. The highest BCUT2D eigenvalue weighted by Crippen LogP contribution is 2.26. The minimum atomic E-state index is -0.810. The number of halogens is 2. The minimum absolute atomic E-state index is 0.151. The van der Waals surface area contributed by atoms with E-state index in [4.69, 9.17) is 28.3 Å². The molecule has 0 bridgehead atoms. The molecule has 7 heteroatoms. The maximum Gasteiger partial charge on any atom is 0.308 e. The topological polar surface area (TPSA) is 69.6 Å². The van der Waals surface area contributed by atoms with Crippen LogP contribution < -0.4 is 5.32 Å². The molecule has 1 aromatic carbocycles. The summed E-state index contributed by atoms with van der Waals surface area (Å²) < 4.78 is 0. The number of carboxylic acids is 1. The molecule has 0 saturated carbocycles. The van der Waals surface area contributed by atoms with Gasteiger partial charge in [-0.25, -0.2) is 0 Å². The number of carbonyl (C=O) groups excluding carboxylic acids is 1. The standard InChI is InChI=1S/C14H16Cl2N2O3/c1-8-10(14(20)21)4-5-18(8)7-13(19)17-9-2-3-11(15)12(16)6-9/h2-3,6,8,10H,4-5,7H2,1H3,(H,17,19)(H,20,21). The highest BCUT2D eigenvalue weighted by atomic mass is 35.5. The van der Waals surface area contributed by atoms with Crippen molar-refractivity contribution in [3.05, 3.63) is 28.2 Å². The van der Waals surface area contributed by atoms with Gasteiger partial charge >= 0.3 is 5.97 Å². The minimum Gasteiger partial charge on any atom is -0.481 e. The lowest BCUT2D eigenvalue weighted by molar-refractivity contribution is -0.142. The first-order valence-electron chi connectivity index (χ1n) is 6.60. The van der Waals surface area contributed by atoms with Crippen LogP contribution in [0.3, 0.4) is 0 Å². The van der Waals surface area contributed by atoms with Crippen LogP contribution in [0.2, 0.25) is 10.0 Å². The van der Waals surface area contributed by atoms with Crippen LogP contribution in [0.25, 0.3) is 0 Å². The summed E-state index contributed by atoms with van der Waals surface area (Å²) in [5, 5.41) is 12.6. The van der Waals surface area contributed by atoms with Crippen molar-refractivity contribution in [2.45, 2.75) is 19.4 Å². The van der Waals surface area contributed by atoms with Gasteiger partial charge in [0.1, 0.15) is 0 Å². The van der Waals surface area contributed by atoms with Crippen LogP contribution in [0.4, 0.5) is 5.69 Å². The third-order valence-electron chi connectivity index (χ3n) is 3.75. The summed E-state index contributed by atoms with van der Waals surface area (Å²) >= 11 is 11.7. The number of nitrogens with zero attached hydrogens (tertiary/aromatic N) is 1. The molecule has 0 aromatic heterocycles. The van der Waals surface area contributed by atoms with Crippen molar-refractivity contribution in [2.75, 3.05) is 18.4 Å². The van der Waals surface area contributed by atoms with Crippen LogP contribution in [0.5, 0.6) is 0 Å². The van der Waals surface area contributed by atoms with Crippen molar-refractivity contribution in [1.82, 2.24) is 4.90 Å². The number of carboxylic acid groups (broad SMARTS) is 1. The highest BCUT2D eigenvalue weighted by Gasteiger charge is 2.36. The second-order valence-electron chi connectivity index (χ2n) is 5.12. The summed E-state index contributed by atoms with van der Waals surface area (Å²) in [6, 6.07) is 4.70. The van der Waals surface area contributed by atoms with E-state index >= 15 is 0 Å². The average molecular weight is 331 g/mol. The number of hydrogen-bond acceptors (Lipinski definition) is 3. The number of hydrogen-bond donors (Lipinski definition) is 2. The Morgan fingerprint density at radius 1 is 1.38 bits per heavy atom. The number of rotatable bonds is 4. The Morgan fingerprint density at radius 3 is 2.67 bits per heavy atom. The van der Waals surface area contributed by atoms with E-state index < -0.39 is 11.9 Å². The zero-order chi connectivity index (χ0) is 15.6. The first-order valence-corrected chi connectivity index (χ1v) is 7.36. The third kappa shape index (κ3) is 3.87. The molecule has 0 aliphatic carbocycles. The maximum atomic E-state index is 12.0. The number of nitrogens with one attached hydrogen (secondary N) is 1. The van der Waals surface area contributed by atoms with Crippen LogP contribution >= 0.6 is 23.2 Å². The summed E-state index contributed by atoms with van der Waals surface area (Å²) in [5.41, 5.74) is 0.566. The monoisotopic (exact) mass is 330 g/mol. The Morgan fingerprint density at radius 2 is 2.10 bits per heavy atom. The van der Waals surface area contributed by atoms with Gasteiger partial charge in [0.2, 0.25) is 5.91 Å². The van der Waals surface area contributed by atoms with Crippen LogP contribution in [-0.2, 0) is 9.59 Å². The number of amides is 1. The van der Waals surface area contributed by atoms with Gasteiger partial charge in [-0.3, -0.25) is 14.5 Å². The zero-order valence-electron chi connectivity index (χ0n) is 11.5. The Kier molecular flexibility index (Phi) is 5.08. The van der Waals surface area contributed by atoms with Gasteiger partial charge in [0.05, 0.1) is 22.5 Å². The fourth-order valence-corrected chi connectivity index (χ4v) is 2.81. The van der Waals surface area contributed by atoms with E-state index in [1.165, 1.54) is 0 Å². The number of benzene rings is 1. The lowest BCUT2D eigenvalue weighted by Gasteiger charge is -2.22. The summed E-state index contributed by atoms with van der Waals surface area (Å²) in [7, 11) is 0. The van der Waals surface area contributed by atoms with E-state index in [2.05, 4.69) is 5.32 Å². The molecule has 1 aliphatic rings. The molecule has 1 aromatic rings. The van der Waals surface area contributed by atoms with E-state index in [0.717, 1.165) is 0 Å². The number of carbonyl (C=O) groups is 2. The molecule has 5 nitrogen and oxygen atoms in total. The molecule has 1 amide bonds.